The SMILES string of the molecule is CS(=O)(=O)c1cccc(-c2nnc(NC(=O)C3CC(=O)N(c4ccc(F)cc4)C3)o2)c1. The zero-order valence-corrected chi connectivity index (χ0v) is 17.1. The molecule has 9 nitrogen and oxygen atoms in total. The van der Waals surface area contributed by atoms with Crippen LogP contribution in [0.3, 0.4) is 0 Å². The minimum absolute atomic E-state index is 0.0133. The first kappa shape index (κ1) is 20.7. The molecule has 1 saturated heterocycles. The van der Waals surface area contributed by atoms with Crippen molar-refractivity contribution < 1.29 is 26.8 Å². The highest BCUT2D eigenvalue weighted by molar-refractivity contribution is 7.90. The first-order valence-corrected chi connectivity index (χ1v) is 11.1. The molecular formula is C20H17FN4O5S. The Bertz CT molecular complexity index is 1260. The van der Waals surface area contributed by atoms with Crippen LogP contribution >= 0.6 is 0 Å². The van der Waals surface area contributed by atoms with E-state index in [1.165, 1.54) is 41.3 Å². The second-order valence-electron chi connectivity index (χ2n) is 7.08. The zero-order valence-electron chi connectivity index (χ0n) is 16.3. The van der Waals surface area contributed by atoms with E-state index in [2.05, 4.69) is 15.5 Å². The number of benzene rings is 2. The fourth-order valence-electron chi connectivity index (χ4n) is 3.21. The minimum atomic E-state index is -3.41. The van der Waals surface area contributed by atoms with Crippen molar-refractivity contribution in [1.82, 2.24) is 10.2 Å². The van der Waals surface area contributed by atoms with Crippen LogP contribution in [0.25, 0.3) is 11.5 Å². The Morgan fingerprint density at radius 1 is 1.19 bits per heavy atom. The number of carbonyl (C=O) groups is 2. The van der Waals surface area contributed by atoms with Gasteiger partial charge in [-0.3, -0.25) is 14.9 Å². The van der Waals surface area contributed by atoms with Gasteiger partial charge in [0.15, 0.2) is 9.84 Å². The van der Waals surface area contributed by atoms with Crippen molar-refractivity contribution in [2.24, 2.45) is 5.92 Å². The molecule has 160 valence electrons. The first-order chi connectivity index (χ1) is 14.7. The molecule has 4 rings (SSSR count). The van der Waals surface area contributed by atoms with Crippen LogP contribution in [0, 0.1) is 11.7 Å². The third kappa shape index (κ3) is 4.45. The number of hydrogen-bond acceptors (Lipinski definition) is 7. The van der Waals surface area contributed by atoms with Crippen LogP contribution in [0.15, 0.2) is 57.8 Å². The van der Waals surface area contributed by atoms with Gasteiger partial charge in [0.05, 0.1) is 10.8 Å². The third-order valence-corrected chi connectivity index (χ3v) is 5.91. The lowest BCUT2D eigenvalue weighted by Gasteiger charge is -2.16. The van der Waals surface area contributed by atoms with Crippen molar-refractivity contribution in [1.29, 1.82) is 0 Å². The molecule has 1 fully saturated rings. The highest BCUT2D eigenvalue weighted by Gasteiger charge is 2.35. The summed E-state index contributed by atoms with van der Waals surface area (Å²) in [4.78, 5) is 26.4. The van der Waals surface area contributed by atoms with E-state index in [9.17, 15) is 22.4 Å². The van der Waals surface area contributed by atoms with Gasteiger partial charge in [-0.2, -0.15) is 0 Å². The summed E-state index contributed by atoms with van der Waals surface area (Å²) in [6, 6.07) is 11.3. The molecule has 1 unspecified atom stereocenters. The van der Waals surface area contributed by atoms with E-state index in [4.69, 9.17) is 4.42 Å². The molecule has 0 bridgehead atoms. The van der Waals surface area contributed by atoms with E-state index in [1.54, 1.807) is 12.1 Å². The topological polar surface area (TPSA) is 122 Å². The molecule has 1 aromatic heterocycles. The summed E-state index contributed by atoms with van der Waals surface area (Å²) < 4.78 is 42.0. The third-order valence-electron chi connectivity index (χ3n) is 4.80. The number of amides is 2. The van der Waals surface area contributed by atoms with Gasteiger partial charge in [0.2, 0.25) is 17.7 Å². The van der Waals surface area contributed by atoms with Crippen LogP contribution < -0.4 is 10.2 Å². The van der Waals surface area contributed by atoms with Crippen LogP contribution in [-0.4, -0.2) is 43.2 Å². The molecule has 2 heterocycles. The number of carbonyl (C=O) groups excluding carboxylic acids is 2. The summed E-state index contributed by atoms with van der Waals surface area (Å²) in [5, 5.41) is 10.1. The van der Waals surface area contributed by atoms with E-state index >= 15 is 0 Å². The average Bonchev–Trinajstić information content (AvgIpc) is 3.35. The summed E-state index contributed by atoms with van der Waals surface area (Å²) in [6.45, 7) is 0.133. The highest BCUT2D eigenvalue weighted by Crippen LogP contribution is 2.27. The van der Waals surface area contributed by atoms with Crippen LogP contribution in [0.4, 0.5) is 16.1 Å². The van der Waals surface area contributed by atoms with Gasteiger partial charge < -0.3 is 9.32 Å². The molecular weight excluding hydrogens is 427 g/mol. The number of nitrogens with zero attached hydrogens (tertiary/aromatic N) is 3. The summed E-state index contributed by atoms with van der Waals surface area (Å²) in [5.74, 6) is -1.76. The van der Waals surface area contributed by atoms with Gasteiger partial charge in [0, 0.05) is 30.5 Å². The van der Waals surface area contributed by atoms with Gasteiger partial charge >= 0.3 is 6.01 Å². The number of sulfone groups is 1. The zero-order chi connectivity index (χ0) is 22.2. The monoisotopic (exact) mass is 444 g/mol. The van der Waals surface area contributed by atoms with E-state index in [0.29, 0.717) is 11.3 Å². The van der Waals surface area contributed by atoms with Gasteiger partial charge in [0.1, 0.15) is 5.82 Å². The standard InChI is InChI=1S/C20H17FN4O5S/c1-31(28,29)16-4-2-3-12(9-16)19-23-24-20(30-19)22-18(27)13-10-17(26)25(11-13)15-7-5-14(21)6-8-15/h2-9,13H,10-11H2,1H3,(H,22,24,27). The van der Waals surface area contributed by atoms with Crippen molar-refractivity contribution in [2.45, 2.75) is 11.3 Å². The van der Waals surface area contributed by atoms with E-state index in [0.717, 1.165) is 6.26 Å². The second-order valence-corrected chi connectivity index (χ2v) is 9.10. The van der Waals surface area contributed by atoms with Gasteiger partial charge in [-0.15, -0.1) is 5.10 Å². The Labute approximate surface area is 176 Å². The Balaban J connectivity index is 1.45. The molecule has 0 aliphatic carbocycles. The molecule has 1 aliphatic rings. The van der Waals surface area contributed by atoms with E-state index < -0.39 is 27.5 Å². The molecule has 2 amide bonds. The lowest BCUT2D eigenvalue weighted by atomic mass is 10.1. The first-order valence-electron chi connectivity index (χ1n) is 9.21. The Morgan fingerprint density at radius 2 is 1.94 bits per heavy atom. The van der Waals surface area contributed by atoms with E-state index in [-0.39, 0.29) is 35.7 Å². The lowest BCUT2D eigenvalue weighted by molar-refractivity contribution is -0.122. The quantitative estimate of drug-likeness (QED) is 0.640. The highest BCUT2D eigenvalue weighted by atomic mass is 32.2. The van der Waals surface area contributed by atoms with Crippen molar-refractivity contribution in [2.75, 3.05) is 23.0 Å². The van der Waals surface area contributed by atoms with Crippen molar-refractivity contribution in [3.63, 3.8) is 0 Å². The maximum atomic E-state index is 13.1. The second kappa shape index (κ2) is 7.91. The maximum absolute atomic E-state index is 13.1. The molecule has 1 atom stereocenters. The van der Waals surface area contributed by atoms with Crippen molar-refractivity contribution in [3.05, 3.63) is 54.3 Å². The largest absolute Gasteiger partial charge is 0.403 e. The van der Waals surface area contributed by atoms with Gasteiger partial charge in [-0.1, -0.05) is 11.2 Å². The van der Waals surface area contributed by atoms with Gasteiger partial charge in [-0.25, -0.2) is 12.8 Å². The number of rotatable bonds is 5. The molecule has 2 aromatic carbocycles. The normalized spacial score (nSPS) is 16.5. The molecule has 0 spiro atoms. The fourth-order valence-corrected chi connectivity index (χ4v) is 3.88. The summed E-state index contributed by atoms with van der Waals surface area (Å²) in [6.07, 6.45) is 1.07. The van der Waals surface area contributed by atoms with E-state index in [1.807, 2.05) is 0 Å². The van der Waals surface area contributed by atoms with Crippen LogP contribution in [0.2, 0.25) is 0 Å². The number of anilines is 2. The summed E-state index contributed by atoms with van der Waals surface area (Å²) in [7, 11) is -3.41. The molecule has 1 N–H and O–H groups in total. The van der Waals surface area contributed by atoms with Crippen LogP contribution in [0.1, 0.15) is 6.42 Å². The average molecular weight is 444 g/mol. The lowest BCUT2D eigenvalue weighted by Crippen LogP contribution is -2.28. The number of hydrogen-bond donors (Lipinski definition) is 1. The molecule has 0 saturated carbocycles. The Hall–Kier alpha value is -3.60. The molecule has 0 radical (unpaired) electrons. The molecule has 3 aromatic rings. The van der Waals surface area contributed by atoms with Crippen LogP contribution in [0.5, 0.6) is 0 Å². The molecule has 11 heteroatoms. The summed E-state index contributed by atoms with van der Waals surface area (Å²) >= 11 is 0. The smallest absolute Gasteiger partial charge is 0.322 e. The fraction of sp³-hybridized carbons (Fsp3) is 0.200. The number of aromatic nitrogens is 2. The molecule has 1 aliphatic heterocycles. The Kier molecular flexibility index (Phi) is 5.27. The van der Waals surface area contributed by atoms with Crippen molar-refractivity contribution in [3.8, 4) is 11.5 Å². The minimum Gasteiger partial charge on any atom is -0.403 e. The molecule has 31 heavy (non-hydrogen) atoms. The summed E-state index contributed by atoms with van der Waals surface area (Å²) in [5.41, 5.74) is 0.891. The predicted molar refractivity (Wildman–Crippen MR) is 108 cm³/mol. The number of halogens is 1. The van der Waals surface area contributed by atoms with Crippen molar-refractivity contribution >= 4 is 33.4 Å². The number of nitrogens with one attached hydrogen (secondary N) is 1. The van der Waals surface area contributed by atoms with Gasteiger partial charge in [-0.05, 0) is 42.5 Å². The van der Waals surface area contributed by atoms with Gasteiger partial charge in [0.25, 0.3) is 0 Å². The Morgan fingerprint density at radius 3 is 2.65 bits per heavy atom. The predicted octanol–water partition coefficient (Wildman–Crippen LogP) is 2.27. The van der Waals surface area contributed by atoms with Crippen LogP contribution in [-0.2, 0) is 19.4 Å². The maximum Gasteiger partial charge on any atom is 0.322 e.